The lowest BCUT2D eigenvalue weighted by atomic mass is 10.0. The average Bonchev–Trinajstić information content (AvgIpc) is 2.87. The Bertz CT molecular complexity index is 584. The van der Waals surface area contributed by atoms with Crippen molar-refractivity contribution in [2.75, 3.05) is 7.11 Å². The first-order valence-corrected chi connectivity index (χ1v) is 6.74. The summed E-state index contributed by atoms with van der Waals surface area (Å²) in [6, 6.07) is 7.76. The fraction of sp³-hybridized carbons (Fsp3) is 0.154. The fourth-order valence-corrected chi connectivity index (χ4v) is 2.78. The van der Waals surface area contributed by atoms with Crippen LogP contribution in [0.3, 0.4) is 0 Å². The van der Waals surface area contributed by atoms with Gasteiger partial charge in [-0.1, -0.05) is 6.07 Å². The number of hydrogen-bond acceptors (Lipinski definition) is 3. The summed E-state index contributed by atoms with van der Waals surface area (Å²) in [4.78, 5) is 0.778. The molecule has 0 radical (unpaired) electrons. The predicted molar refractivity (Wildman–Crippen MR) is 84.1 cm³/mol. The molecule has 0 aliphatic carbocycles. The molecule has 0 saturated heterocycles. The van der Waals surface area contributed by atoms with Crippen LogP contribution in [0.1, 0.15) is 10.4 Å². The number of alkyl halides is 1. The first-order chi connectivity index (χ1) is 8.67. The third-order valence-corrected chi connectivity index (χ3v) is 3.88. The minimum Gasteiger partial charge on any atom is -0.496 e. The summed E-state index contributed by atoms with van der Waals surface area (Å²) in [6.45, 7) is 0. The third-order valence-electron chi connectivity index (χ3n) is 2.65. The van der Waals surface area contributed by atoms with E-state index >= 15 is 0 Å². The molecule has 0 saturated carbocycles. The van der Waals surface area contributed by atoms with Gasteiger partial charge in [0.1, 0.15) is 11.6 Å². The second-order valence-electron chi connectivity index (χ2n) is 3.74. The number of thiophene rings is 1. The van der Waals surface area contributed by atoms with Crippen LogP contribution in [-0.4, -0.2) is 12.9 Å². The Hall–Kier alpha value is -1.23. The summed E-state index contributed by atoms with van der Waals surface area (Å²) in [6.07, 6.45) is 0. The summed E-state index contributed by atoms with van der Waals surface area (Å²) < 4.78 is 5.24. The molecule has 2 rings (SSSR count). The van der Waals surface area contributed by atoms with Crippen molar-refractivity contribution in [1.29, 1.82) is 5.41 Å². The van der Waals surface area contributed by atoms with E-state index in [2.05, 4.69) is 0 Å². The number of ether oxygens (including phenoxy) is 1. The van der Waals surface area contributed by atoms with Crippen molar-refractivity contribution >= 4 is 41.2 Å². The molecule has 3 nitrogen and oxygen atoms in total. The first kappa shape index (κ1) is 15.8. The number of methoxy groups -OCH3 is 1. The van der Waals surface area contributed by atoms with Gasteiger partial charge in [0, 0.05) is 11.1 Å². The maximum absolute atomic E-state index is 7.56. The standard InChI is InChI=1S/C13H13ClN2OS.ClH/c1-17-11-3-2-8(6-9(11)7-14)10-4-5-18-12(10)13(15)16;/h2-6H,7H2,1H3,(H3,15,16);1H. The predicted octanol–water partition coefficient (Wildman–Crippen LogP) is 3.87. The van der Waals surface area contributed by atoms with E-state index in [9.17, 15) is 0 Å². The average molecular weight is 317 g/mol. The van der Waals surface area contributed by atoms with Crippen LogP contribution in [0.2, 0.25) is 0 Å². The third kappa shape index (κ3) is 3.21. The molecule has 1 aromatic carbocycles. The molecule has 0 atom stereocenters. The monoisotopic (exact) mass is 316 g/mol. The van der Waals surface area contributed by atoms with Crippen molar-refractivity contribution in [1.82, 2.24) is 0 Å². The molecule has 19 heavy (non-hydrogen) atoms. The van der Waals surface area contributed by atoms with Gasteiger partial charge < -0.3 is 10.5 Å². The molecule has 0 fully saturated rings. The smallest absolute Gasteiger partial charge is 0.133 e. The van der Waals surface area contributed by atoms with Crippen molar-refractivity contribution in [3.05, 3.63) is 40.1 Å². The second-order valence-corrected chi connectivity index (χ2v) is 4.92. The summed E-state index contributed by atoms with van der Waals surface area (Å²) in [5.41, 5.74) is 8.45. The summed E-state index contributed by atoms with van der Waals surface area (Å²) in [5.74, 6) is 1.24. The van der Waals surface area contributed by atoms with Crippen LogP contribution in [0.5, 0.6) is 5.75 Å². The molecule has 1 heterocycles. The van der Waals surface area contributed by atoms with Gasteiger partial charge in [0.25, 0.3) is 0 Å². The molecule has 102 valence electrons. The molecule has 2 aromatic rings. The quantitative estimate of drug-likeness (QED) is 0.511. The van der Waals surface area contributed by atoms with E-state index in [1.165, 1.54) is 11.3 Å². The number of nitrogen functional groups attached to an aromatic ring is 1. The maximum atomic E-state index is 7.56. The molecular weight excluding hydrogens is 303 g/mol. The van der Waals surface area contributed by atoms with Gasteiger partial charge in [-0.25, -0.2) is 0 Å². The van der Waals surface area contributed by atoms with Crippen LogP contribution in [-0.2, 0) is 5.88 Å². The molecule has 1 aromatic heterocycles. The molecule has 0 aliphatic rings. The summed E-state index contributed by atoms with van der Waals surface area (Å²) >= 11 is 7.36. The highest BCUT2D eigenvalue weighted by atomic mass is 35.5. The number of amidine groups is 1. The number of nitrogens with one attached hydrogen (secondary N) is 1. The molecule has 3 N–H and O–H groups in total. The summed E-state index contributed by atoms with van der Waals surface area (Å²) in [5, 5.41) is 9.48. The van der Waals surface area contributed by atoms with Crippen LogP contribution in [0.25, 0.3) is 11.1 Å². The van der Waals surface area contributed by atoms with Gasteiger partial charge in [-0.15, -0.1) is 35.3 Å². The van der Waals surface area contributed by atoms with Crippen molar-refractivity contribution < 1.29 is 4.74 Å². The highest BCUT2D eigenvalue weighted by Gasteiger charge is 2.11. The van der Waals surface area contributed by atoms with Gasteiger partial charge in [-0.2, -0.15) is 0 Å². The molecule has 0 unspecified atom stereocenters. The van der Waals surface area contributed by atoms with Crippen LogP contribution in [0.15, 0.2) is 29.6 Å². The lowest BCUT2D eigenvalue weighted by Gasteiger charge is -2.09. The van der Waals surface area contributed by atoms with E-state index in [4.69, 9.17) is 27.5 Å². The highest BCUT2D eigenvalue weighted by molar-refractivity contribution is 7.12. The SMILES string of the molecule is COc1ccc(-c2ccsc2C(=N)N)cc1CCl.Cl. The minimum atomic E-state index is 0. The lowest BCUT2D eigenvalue weighted by Crippen LogP contribution is -2.09. The van der Waals surface area contributed by atoms with Gasteiger partial charge in [-0.05, 0) is 29.1 Å². The van der Waals surface area contributed by atoms with Crippen LogP contribution in [0, 0.1) is 5.41 Å². The first-order valence-electron chi connectivity index (χ1n) is 5.32. The number of rotatable bonds is 4. The van der Waals surface area contributed by atoms with Gasteiger partial charge in [0.05, 0.1) is 17.9 Å². The number of nitrogens with two attached hydrogens (primary N) is 1. The molecule has 0 spiro atoms. The van der Waals surface area contributed by atoms with Crippen LogP contribution in [0.4, 0.5) is 0 Å². The van der Waals surface area contributed by atoms with Crippen molar-refractivity contribution in [3.63, 3.8) is 0 Å². The topological polar surface area (TPSA) is 59.1 Å². The van der Waals surface area contributed by atoms with E-state index in [0.717, 1.165) is 27.3 Å². The Morgan fingerprint density at radius 3 is 2.74 bits per heavy atom. The van der Waals surface area contributed by atoms with Crippen LogP contribution >= 0.6 is 35.3 Å². The molecular formula is C13H14Cl2N2OS. The van der Waals surface area contributed by atoms with Gasteiger partial charge in [0.2, 0.25) is 0 Å². The van der Waals surface area contributed by atoms with Gasteiger partial charge >= 0.3 is 0 Å². The highest BCUT2D eigenvalue weighted by Crippen LogP contribution is 2.32. The van der Waals surface area contributed by atoms with Crippen molar-refractivity contribution in [2.24, 2.45) is 5.73 Å². The van der Waals surface area contributed by atoms with E-state index < -0.39 is 0 Å². The van der Waals surface area contributed by atoms with E-state index in [1.807, 2.05) is 29.6 Å². The fourth-order valence-electron chi connectivity index (χ4n) is 1.80. The largest absolute Gasteiger partial charge is 0.496 e. The van der Waals surface area contributed by atoms with E-state index in [0.29, 0.717) is 5.88 Å². The van der Waals surface area contributed by atoms with Gasteiger partial charge in [-0.3, -0.25) is 5.41 Å². The zero-order chi connectivity index (χ0) is 13.1. The Morgan fingerprint density at radius 1 is 1.42 bits per heavy atom. The number of hydrogen-bond donors (Lipinski definition) is 2. The Morgan fingerprint density at radius 2 is 2.16 bits per heavy atom. The lowest BCUT2D eigenvalue weighted by molar-refractivity contribution is 0.411. The van der Waals surface area contributed by atoms with E-state index in [1.54, 1.807) is 7.11 Å². The molecule has 0 amide bonds. The zero-order valence-electron chi connectivity index (χ0n) is 10.3. The van der Waals surface area contributed by atoms with E-state index in [-0.39, 0.29) is 18.2 Å². The van der Waals surface area contributed by atoms with Crippen LogP contribution < -0.4 is 10.5 Å². The number of benzene rings is 1. The van der Waals surface area contributed by atoms with Gasteiger partial charge in [0.15, 0.2) is 0 Å². The maximum Gasteiger partial charge on any atom is 0.133 e. The molecule has 0 bridgehead atoms. The Labute approximate surface area is 127 Å². The molecule has 0 aliphatic heterocycles. The Kier molecular flexibility index (Phi) is 5.66. The molecule has 6 heteroatoms. The second kappa shape index (κ2) is 6.80. The summed E-state index contributed by atoms with van der Waals surface area (Å²) in [7, 11) is 1.62. The Balaban J connectivity index is 0.00000180. The van der Waals surface area contributed by atoms with Crippen molar-refractivity contribution in [2.45, 2.75) is 5.88 Å². The number of halogens is 2. The zero-order valence-corrected chi connectivity index (χ0v) is 12.7. The normalized spacial score (nSPS) is 9.79. The minimum absolute atomic E-state index is 0. The van der Waals surface area contributed by atoms with Crippen molar-refractivity contribution in [3.8, 4) is 16.9 Å².